The Hall–Kier alpha value is -1.39. The van der Waals surface area contributed by atoms with Crippen LogP contribution in [0, 0.1) is 0 Å². The molecule has 3 N–H and O–H groups in total. The lowest BCUT2D eigenvalue weighted by molar-refractivity contribution is 0.0661. The SMILES string of the molecule is CCCCCCCCCCCC(O)C(CO)NC(=O)c1ccccc1. The fraction of sp³-hybridized carbons (Fsp3) is 0.667. The highest BCUT2D eigenvalue weighted by atomic mass is 16.3. The average molecular weight is 350 g/mol. The van der Waals surface area contributed by atoms with Gasteiger partial charge >= 0.3 is 0 Å². The number of hydrogen-bond acceptors (Lipinski definition) is 3. The Kier molecular flexibility index (Phi) is 12.0. The van der Waals surface area contributed by atoms with Crippen molar-refractivity contribution in [3.8, 4) is 0 Å². The summed E-state index contributed by atoms with van der Waals surface area (Å²) in [5, 5.41) is 22.4. The van der Waals surface area contributed by atoms with E-state index in [1.54, 1.807) is 24.3 Å². The maximum atomic E-state index is 12.1. The predicted octanol–water partition coefficient (Wildman–Crippen LogP) is 4.06. The van der Waals surface area contributed by atoms with E-state index in [4.69, 9.17) is 0 Å². The molecule has 0 spiro atoms. The van der Waals surface area contributed by atoms with E-state index in [2.05, 4.69) is 12.2 Å². The second kappa shape index (κ2) is 13.9. The number of aliphatic hydroxyl groups is 2. The first kappa shape index (κ1) is 21.7. The molecule has 2 unspecified atom stereocenters. The number of hydrogen-bond donors (Lipinski definition) is 3. The summed E-state index contributed by atoms with van der Waals surface area (Å²) < 4.78 is 0. The molecule has 25 heavy (non-hydrogen) atoms. The summed E-state index contributed by atoms with van der Waals surface area (Å²) in [6.45, 7) is 1.98. The van der Waals surface area contributed by atoms with E-state index in [1.807, 2.05) is 6.07 Å². The van der Waals surface area contributed by atoms with E-state index in [9.17, 15) is 15.0 Å². The van der Waals surface area contributed by atoms with Gasteiger partial charge in [-0.3, -0.25) is 4.79 Å². The summed E-state index contributed by atoms with van der Waals surface area (Å²) in [6.07, 6.45) is 11.0. The summed E-state index contributed by atoms with van der Waals surface area (Å²) in [6, 6.07) is 8.26. The molecule has 1 aromatic rings. The lowest BCUT2D eigenvalue weighted by Crippen LogP contribution is -2.45. The van der Waals surface area contributed by atoms with Crippen molar-refractivity contribution in [3.63, 3.8) is 0 Å². The van der Waals surface area contributed by atoms with Crippen molar-refractivity contribution < 1.29 is 15.0 Å². The van der Waals surface area contributed by atoms with E-state index in [-0.39, 0.29) is 12.5 Å². The first-order valence-electron chi connectivity index (χ1n) is 9.83. The lowest BCUT2D eigenvalue weighted by atomic mass is 10.0. The van der Waals surface area contributed by atoms with Gasteiger partial charge in [-0.2, -0.15) is 0 Å². The van der Waals surface area contributed by atoms with Gasteiger partial charge in [0.1, 0.15) is 0 Å². The van der Waals surface area contributed by atoms with Crippen molar-refractivity contribution in [3.05, 3.63) is 35.9 Å². The summed E-state index contributed by atoms with van der Waals surface area (Å²) in [5.74, 6) is -0.259. The molecule has 4 heteroatoms. The fourth-order valence-electron chi connectivity index (χ4n) is 2.97. The van der Waals surface area contributed by atoms with E-state index < -0.39 is 12.1 Å². The zero-order valence-electron chi connectivity index (χ0n) is 15.6. The van der Waals surface area contributed by atoms with Crippen LogP contribution in [0.5, 0.6) is 0 Å². The molecule has 4 nitrogen and oxygen atoms in total. The molecule has 142 valence electrons. The van der Waals surface area contributed by atoms with Gasteiger partial charge in [0.25, 0.3) is 5.91 Å². The van der Waals surface area contributed by atoms with E-state index in [1.165, 1.54) is 44.9 Å². The summed E-state index contributed by atoms with van der Waals surface area (Å²) in [5.41, 5.74) is 0.538. The molecule has 0 aliphatic heterocycles. The van der Waals surface area contributed by atoms with Gasteiger partial charge in [-0.25, -0.2) is 0 Å². The number of unbranched alkanes of at least 4 members (excludes halogenated alkanes) is 8. The molecule has 1 amide bonds. The fourth-order valence-corrected chi connectivity index (χ4v) is 2.97. The normalized spacial score (nSPS) is 13.4. The molecular formula is C21H35NO3. The van der Waals surface area contributed by atoms with E-state index in [0.717, 1.165) is 12.8 Å². The zero-order valence-corrected chi connectivity index (χ0v) is 15.6. The van der Waals surface area contributed by atoms with Crippen LogP contribution in [0.25, 0.3) is 0 Å². The summed E-state index contributed by atoms with van der Waals surface area (Å²) >= 11 is 0. The average Bonchev–Trinajstić information content (AvgIpc) is 2.65. The van der Waals surface area contributed by atoms with Crippen LogP contribution in [0.15, 0.2) is 30.3 Å². The van der Waals surface area contributed by atoms with E-state index in [0.29, 0.717) is 12.0 Å². The van der Waals surface area contributed by atoms with Crippen LogP contribution in [-0.2, 0) is 0 Å². The van der Waals surface area contributed by atoms with Crippen LogP contribution in [0.4, 0.5) is 0 Å². The Morgan fingerprint density at radius 2 is 1.52 bits per heavy atom. The Morgan fingerprint density at radius 1 is 0.960 bits per heavy atom. The van der Waals surface area contributed by atoms with Crippen LogP contribution in [0.1, 0.15) is 81.5 Å². The minimum absolute atomic E-state index is 0.253. The Labute approximate surface area is 152 Å². The van der Waals surface area contributed by atoms with Gasteiger partial charge in [0, 0.05) is 5.56 Å². The zero-order chi connectivity index (χ0) is 18.3. The molecule has 0 aromatic heterocycles. The molecule has 0 aliphatic carbocycles. The van der Waals surface area contributed by atoms with Crippen molar-refractivity contribution in [1.29, 1.82) is 0 Å². The second-order valence-corrected chi connectivity index (χ2v) is 6.81. The molecule has 0 aliphatic rings. The third-order valence-corrected chi connectivity index (χ3v) is 4.62. The number of amides is 1. The minimum atomic E-state index is -0.706. The molecule has 2 atom stereocenters. The largest absolute Gasteiger partial charge is 0.394 e. The topological polar surface area (TPSA) is 69.6 Å². The number of aliphatic hydroxyl groups excluding tert-OH is 2. The number of carbonyl (C=O) groups is 1. The number of rotatable bonds is 14. The van der Waals surface area contributed by atoms with Crippen molar-refractivity contribution in [1.82, 2.24) is 5.32 Å². The van der Waals surface area contributed by atoms with E-state index >= 15 is 0 Å². The molecule has 1 rings (SSSR count). The summed E-state index contributed by atoms with van der Waals surface area (Å²) in [7, 11) is 0. The minimum Gasteiger partial charge on any atom is -0.394 e. The monoisotopic (exact) mass is 349 g/mol. The molecule has 0 radical (unpaired) electrons. The third kappa shape index (κ3) is 9.61. The van der Waals surface area contributed by atoms with Gasteiger partial charge in [0.2, 0.25) is 0 Å². The number of carbonyl (C=O) groups excluding carboxylic acids is 1. The van der Waals surface area contributed by atoms with Crippen molar-refractivity contribution in [2.24, 2.45) is 0 Å². The van der Waals surface area contributed by atoms with Crippen molar-refractivity contribution in [2.45, 2.75) is 83.3 Å². The van der Waals surface area contributed by atoms with Gasteiger partial charge in [-0.05, 0) is 18.6 Å². The van der Waals surface area contributed by atoms with Gasteiger partial charge in [-0.15, -0.1) is 0 Å². The van der Waals surface area contributed by atoms with Crippen molar-refractivity contribution >= 4 is 5.91 Å². The molecule has 0 fully saturated rings. The molecule has 0 bridgehead atoms. The molecule has 1 aromatic carbocycles. The van der Waals surface area contributed by atoms with Gasteiger partial charge in [0.05, 0.1) is 18.8 Å². The van der Waals surface area contributed by atoms with Crippen LogP contribution >= 0.6 is 0 Å². The first-order chi connectivity index (χ1) is 12.2. The van der Waals surface area contributed by atoms with Crippen LogP contribution in [-0.4, -0.2) is 34.9 Å². The van der Waals surface area contributed by atoms with Crippen LogP contribution in [0.3, 0.4) is 0 Å². The second-order valence-electron chi connectivity index (χ2n) is 6.81. The van der Waals surface area contributed by atoms with Gasteiger partial charge < -0.3 is 15.5 Å². The standard InChI is InChI=1S/C21H35NO3/c1-2-3-4-5-6-7-8-9-13-16-20(24)19(17-23)22-21(25)18-14-11-10-12-15-18/h10-12,14-15,19-20,23-24H,2-9,13,16-17H2,1H3,(H,22,25). The number of nitrogens with one attached hydrogen (secondary N) is 1. The quantitative estimate of drug-likeness (QED) is 0.444. The van der Waals surface area contributed by atoms with Crippen LogP contribution in [0.2, 0.25) is 0 Å². The van der Waals surface area contributed by atoms with Gasteiger partial charge in [0.15, 0.2) is 0 Å². The van der Waals surface area contributed by atoms with Crippen LogP contribution < -0.4 is 5.32 Å². The lowest BCUT2D eigenvalue weighted by Gasteiger charge is -2.22. The Balaban J connectivity index is 2.17. The predicted molar refractivity (Wildman–Crippen MR) is 103 cm³/mol. The smallest absolute Gasteiger partial charge is 0.251 e. The number of benzene rings is 1. The highest BCUT2D eigenvalue weighted by Crippen LogP contribution is 2.12. The third-order valence-electron chi connectivity index (χ3n) is 4.62. The maximum absolute atomic E-state index is 12.1. The highest BCUT2D eigenvalue weighted by molar-refractivity contribution is 5.94. The Morgan fingerprint density at radius 3 is 2.08 bits per heavy atom. The molecule has 0 saturated carbocycles. The molecule has 0 saturated heterocycles. The summed E-state index contributed by atoms with van der Waals surface area (Å²) in [4.78, 5) is 12.1. The van der Waals surface area contributed by atoms with Crippen molar-refractivity contribution in [2.75, 3.05) is 6.61 Å². The Bertz CT molecular complexity index is 450. The maximum Gasteiger partial charge on any atom is 0.251 e. The highest BCUT2D eigenvalue weighted by Gasteiger charge is 2.20. The van der Waals surface area contributed by atoms with Gasteiger partial charge in [-0.1, -0.05) is 82.9 Å². The molecular weight excluding hydrogens is 314 g/mol. The molecule has 0 heterocycles. The first-order valence-corrected chi connectivity index (χ1v) is 9.83.